The van der Waals surface area contributed by atoms with Gasteiger partial charge in [-0.3, -0.25) is 19.2 Å². The molecule has 0 aliphatic carbocycles. The molecule has 3 rings (SSSR count). The molecular weight excluding hydrogens is 534 g/mol. The van der Waals surface area contributed by atoms with Crippen LogP contribution in [0.5, 0.6) is 0 Å². The van der Waals surface area contributed by atoms with Crippen molar-refractivity contribution in [1.82, 2.24) is 19.6 Å². The fraction of sp³-hybridized carbons (Fsp3) is 0.458. The average molecular weight is 564 g/mol. The van der Waals surface area contributed by atoms with Crippen molar-refractivity contribution >= 4 is 51.8 Å². The summed E-state index contributed by atoms with van der Waals surface area (Å²) in [6.45, 7) is 1.03. The van der Waals surface area contributed by atoms with Crippen molar-refractivity contribution in [2.45, 2.75) is 25.3 Å². The Hall–Kier alpha value is -3.41. The standard InChI is InChI=1S/C24H30BrN5O6/c1-27(15-22(33)36-2)23(34)19(25)13-28(16-31)14-21(32)29-10-8-18(9-11-29)30-12-7-17-5-3-4-6-20(17)26-24(30)35/h3-6,13,16,18H,7-12,14-15H2,1-2H3,(H,26,35)/b19-13+. The summed E-state index contributed by atoms with van der Waals surface area (Å²) in [5.74, 6) is -1.39. The van der Waals surface area contributed by atoms with Gasteiger partial charge in [0.2, 0.25) is 12.3 Å². The van der Waals surface area contributed by atoms with E-state index in [1.54, 1.807) is 4.90 Å². The third-order valence-electron chi connectivity index (χ3n) is 6.28. The molecule has 11 nitrogen and oxygen atoms in total. The minimum atomic E-state index is -0.584. The molecule has 0 bridgehead atoms. The van der Waals surface area contributed by atoms with Crippen LogP contribution >= 0.6 is 15.9 Å². The molecule has 36 heavy (non-hydrogen) atoms. The highest BCUT2D eigenvalue weighted by molar-refractivity contribution is 9.12. The maximum Gasteiger partial charge on any atom is 0.325 e. The smallest absolute Gasteiger partial charge is 0.325 e. The van der Waals surface area contributed by atoms with E-state index < -0.39 is 11.9 Å². The highest BCUT2D eigenvalue weighted by atomic mass is 79.9. The predicted molar refractivity (Wildman–Crippen MR) is 135 cm³/mol. The van der Waals surface area contributed by atoms with Crippen LogP contribution in [0.2, 0.25) is 0 Å². The van der Waals surface area contributed by atoms with Crippen molar-refractivity contribution in [3.63, 3.8) is 0 Å². The lowest BCUT2D eigenvalue weighted by Crippen LogP contribution is -2.51. The second kappa shape index (κ2) is 12.5. The topological polar surface area (TPSA) is 120 Å². The summed E-state index contributed by atoms with van der Waals surface area (Å²) in [7, 11) is 2.63. The Bertz CT molecular complexity index is 1040. The Labute approximate surface area is 218 Å². The van der Waals surface area contributed by atoms with Crippen LogP contribution in [-0.4, -0.2) is 103 Å². The lowest BCUT2D eigenvalue weighted by Gasteiger charge is -2.38. The zero-order chi connectivity index (χ0) is 26.2. The van der Waals surface area contributed by atoms with Crippen molar-refractivity contribution in [1.29, 1.82) is 0 Å². The van der Waals surface area contributed by atoms with Gasteiger partial charge in [0, 0.05) is 44.6 Å². The number of nitrogens with one attached hydrogen (secondary N) is 1. The number of fused-ring (bicyclic) bond motifs is 1. The molecule has 5 amide bonds. The number of methoxy groups -OCH3 is 1. The molecule has 2 aliphatic heterocycles. The number of esters is 1. The van der Waals surface area contributed by atoms with E-state index in [1.165, 1.54) is 20.4 Å². The Morgan fingerprint density at radius 3 is 2.53 bits per heavy atom. The van der Waals surface area contributed by atoms with Crippen LogP contribution in [0.1, 0.15) is 18.4 Å². The molecule has 1 N–H and O–H groups in total. The Balaban J connectivity index is 1.52. The number of piperidine rings is 1. The minimum absolute atomic E-state index is 0.0145. The molecule has 1 aromatic rings. The van der Waals surface area contributed by atoms with Crippen molar-refractivity contribution in [3.05, 3.63) is 40.5 Å². The van der Waals surface area contributed by atoms with Gasteiger partial charge in [-0.25, -0.2) is 4.79 Å². The summed E-state index contributed by atoms with van der Waals surface area (Å²) in [5.41, 5.74) is 1.94. The first-order valence-corrected chi connectivity index (χ1v) is 12.4. The summed E-state index contributed by atoms with van der Waals surface area (Å²) in [4.78, 5) is 66.6. The van der Waals surface area contributed by atoms with Crippen LogP contribution in [0.4, 0.5) is 10.5 Å². The van der Waals surface area contributed by atoms with Gasteiger partial charge in [0.1, 0.15) is 13.1 Å². The highest BCUT2D eigenvalue weighted by Crippen LogP contribution is 2.24. The van der Waals surface area contributed by atoms with Crippen molar-refractivity contribution in [3.8, 4) is 0 Å². The van der Waals surface area contributed by atoms with Gasteiger partial charge in [-0.05, 0) is 46.8 Å². The molecule has 1 saturated heterocycles. The maximum atomic E-state index is 12.8. The number of para-hydroxylation sites is 1. The summed E-state index contributed by atoms with van der Waals surface area (Å²) >= 11 is 3.11. The second-order valence-corrected chi connectivity index (χ2v) is 9.49. The predicted octanol–water partition coefficient (Wildman–Crippen LogP) is 1.39. The number of amides is 5. The molecule has 2 aliphatic rings. The van der Waals surface area contributed by atoms with E-state index in [2.05, 4.69) is 26.0 Å². The number of benzene rings is 1. The zero-order valence-corrected chi connectivity index (χ0v) is 21.9. The van der Waals surface area contributed by atoms with Gasteiger partial charge in [0.15, 0.2) is 0 Å². The zero-order valence-electron chi connectivity index (χ0n) is 20.3. The maximum absolute atomic E-state index is 12.8. The SMILES string of the molecule is COC(=O)CN(C)C(=O)/C(Br)=C\N(C=O)CC(=O)N1CCC(N2CCc3ccccc3NC2=O)CC1. The van der Waals surface area contributed by atoms with Crippen LogP contribution in [0.15, 0.2) is 34.9 Å². The van der Waals surface area contributed by atoms with Crippen LogP contribution in [0.3, 0.4) is 0 Å². The monoisotopic (exact) mass is 563 g/mol. The van der Waals surface area contributed by atoms with E-state index in [0.717, 1.165) is 27.5 Å². The van der Waals surface area contributed by atoms with Crippen LogP contribution in [-0.2, 0) is 30.3 Å². The van der Waals surface area contributed by atoms with Gasteiger partial charge in [-0.1, -0.05) is 18.2 Å². The number of rotatable bonds is 8. The molecule has 0 aromatic heterocycles. The molecule has 0 radical (unpaired) electrons. The van der Waals surface area contributed by atoms with Crippen molar-refractivity contribution in [2.75, 3.05) is 52.2 Å². The van der Waals surface area contributed by atoms with E-state index in [-0.39, 0.29) is 35.6 Å². The number of urea groups is 1. The Morgan fingerprint density at radius 2 is 1.86 bits per heavy atom. The van der Waals surface area contributed by atoms with Crippen LogP contribution in [0, 0.1) is 0 Å². The number of carbonyl (C=O) groups is 5. The number of likely N-dealkylation sites (tertiary alicyclic amines) is 1. The van der Waals surface area contributed by atoms with Gasteiger partial charge < -0.3 is 29.7 Å². The molecule has 194 valence electrons. The molecule has 1 fully saturated rings. The summed E-state index contributed by atoms with van der Waals surface area (Å²) in [6, 6.07) is 7.64. The largest absolute Gasteiger partial charge is 0.468 e. The third-order valence-corrected chi connectivity index (χ3v) is 6.82. The van der Waals surface area contributed by atoms with E-state index >= 15 is 0 Å². The normalized spacial score (nSPS) is 16.4. The third kappa shape index (κ3) is 6.84. The minimum Gasteiger partial charge on any atom is -0.468 e. The van der Waals surface area contributed by atoms with E-state index in [0.29, 0.717) is 38.9 Å². The lowest BCUT2D eigenvalue weighted by molar-refractivity contribution is -0.144. The number of anilines is 1. The van der Waals surface area contributed by atoms with E-state index in [4.69, 9.17) is 0 Å². The molecule has 0 spiro atoms. The molecule has 12 heteroatoms. The summed E-state index contributed by atoms with van der Waals surface area (Å²) in [5, 5.41) is 2.98. The van der Waals surface area contributed by atoms with Gasteiger partial charge in [-0.15, -0.1) is 0 Å². The Morgan fingerprint density at radius 1 is 1.17 bits per heavy atom. The fourth-order valence-corrected chi connectivity index (χ4v) is 4.81. The molecule has 0 saturated carbocycles. The number of hydrogen-bond donors (Lipinski definition) is 1. The molecule has 0 unspecified atom stereocenters. The molecule has 1 aromatic carbocycles. The number of carbonyl (C=O) groups excluding carboxylic acids is 5. The van der Waals surface area contributed by atoms with Crippen molar-refractivity contribution < 1.29 is 28.7 Å². The van der Waals surface area contributed by atoms with Gasteiger partial charge >= 0.3 is 12.0 Å². The molecule has 0 atom stereocenters. The van der Waals surface area contributed by atoms with Gasteiger partial charge in [0.25, 0.3) is 5.91 Å². The summed E-state index contributed by atoms with van der Waals surface area (Å²) in [6.07, 6.45) is 3.70. The van der Waals surface area contributed by atoms with E-state index in [9.17, 15) is 24.0 Å². The Kier molecular flexibility index (Phi) is 9.45. The van der Waals surface area contributed by atoms with Crippen LogP contribution in [0.25, 0.3) is 0 Å². The first-order valence-electron chi connectivity index (χ1n) is 11.6. The fourth-order valence-electron chi connectivity index (χ4n) is 4.25. The van der Waals surface area contributed by atoms with Gasteiger partial charge in [-0.2, -0.15) is 0 Å². The first-order chi connectivity index (χ1) is 17.2. The van der Waals surface area contributed by atoms with E-state index in [1.807, 2.05) is 29.2 Å². The number of halogens is 1. The first kappa shape index (κ1) is 27.2. The lowest BCUT2D eigenvalue weighted by atomic mass is 10.0. The van der Waals surface area contributed by atoms with Crippen LogP contribution < -0.4 is 5.32 Å². The number of nitrogens with zero attached hydrogens (tertiary/aromatic N) is 4. The second-order valence-electron chi connectivity index (χ2n) is 8.63. The quantitative estimate of drug-likeness (QED) is 0.290. The summed E-state index contributed by atoms with van der Waals surface area (Å²) < 4.78 is 4.55. The number of likely N-dealkylation sites (N-methyl/N-ethyl adjacent to an activating group) is 1. The number of hydrogen-bond acceptors (Lipinski definition) is 6. The van der Waals surface area contributed by atoms with Crippen molar-refractivity contribution in [2.24, 2.45) is 0 Å². The molecule has 2 heterocycles. The average Bonchev–Trinajstić information content (AvgIpc) is 3.05. The number of ether oxygens (including phenoxy) is 1. The van der Waals surface area contributed by atoms with Gasteiger partial charge in [0.05, 0.1) is 11.6 Å². The molecular formula is C24H30BrN5O6. The highest BCUT2D eigenvalue weighted by Gasteiger charge is 2.31.